The van der Waals surface area contributed by atoms with E-state index in [0.29, 0.717) is 18.1 Å². The Bertz CT molecular complexity index is 439. The Morgan fingerprint density at radius 1 is 1.41 bits per heavy atom. The maximum absolute atomic E-state index is 6.12. The SMILES string of the molecule is CCCC(Cl)c1noc(CCc2ccco2)n1. The molecule has 2 heterocycles. The highest BCUT2D eigenvalue weighted by atomic mass is 35.5. The molecule has 0 aromatic carbocycles. The van der Waals surface area contributed by atoms with Gasteiger partial charge in [-0.2, -0.15) is 4.98 Å². The van der Waals surface area contributed by atoms with Gasteiger partial charge in [-0.05, 0) is 18.6 Å². The quantitative estimate of drug-likeness (QED) is 0.740. The lowest BCUT2D eigenvalue weighted by Gasteiger charge is -1.99. The van der Waals surface area contributed by atoms with Gasteiger partial charge in [0.25, 0.3) is 0 Å². The number of aryl methyl sites for hydroxylation is 2. The van der Waals surface area contributed by atoms with E-state index in [0.717, 1.165) is 25.0 Å². The van der Waals surface area contributed by atoms with Gasteiger partial charge < -0.3 is 8.94 Å². The Morgan fingerprint density at radius 2 is 2.29 bits per heavy atom. The number of hydrogen-bond acceptors (Lipinski definition) is 4. The summed E-state index contributed by atoms with van der Waals surface area (Å²) in [4.78, 5) is 4.28. The predicted octanol–water partition coefficient (Wildman–Crippen LogP) is 3.53. The Morgan fingerprint density at radius 3 is 3.00 bits per heavy atom. The van der Waals surface area contributed by atoms with Crippen LogP contribution in [-0.2, 0) is 12.8 Å². The van der Waals surface area contributed by atoms with E-state index in [1.807, 2.05) is 12.1 Å². The summed E-state index contributed by atoms with van der Waals surface area (Å²) in [6.07, 6.45) is 4.96. The summed E-state index contributed by atoms with van der Waals surface area (Å²) in [6, 6.07) is 3.79. The van der Waals surface area contributed by atoms with Gasteiger partial charge in [-0.15, -0.1) is 11.6 Å². The normalized spacial score (nSPS) is 12.8. The molecule has 0 aliphatic carbocycles. The maximum Gasteiger partial charge on any atom is 0.227 e. The van der Waals surface area contributed by atoms with Crippen LogP contribution in [0, 0.1) is 0 Å². The number of halogens is 1. The van der Waals surface area contributed by atoms with Crippen LogP contribution < -0.4 is 0 Å². The van der Waals surface area contributed by atoms with Gasteiger partial charge in [0, 0.05) is 12.8 Å². The van der Waals surface area contributed by atoms with E-state index >= 15 is 0 Å². The van der Waals surface area contributed by atoms with Crippen LogP contribution in [-0.4, -0.2) is 10.1 Å². The minimum atomic E-state index is -0.152. The topological polar surface area (TPSA) is 52.1 Å². The first-order chi connectivity index (χ1) is 8.29. The molecule has 4 nitrogen and oxygen atoms in total. The average molecular weight is 255 g/mol. The molecule has 1 unspecified atom stereocenters. The summed E-state index contributed by atoms with van der Waals surface area (Å²) >= 11 is 6.12. The van der Waals surface area contributed by atoms with Crippen molar-refractivity contribution in [3.8, 4) is 0 Å². The fraction of sp³-hybridized carbons (Fsp3) is 0.500. The summed E-state index contributed by atoms with van der Waals surface area (Å²) in [7, 11) is 0. The number of furan rings is 1. The lowest BCUT2D eigenvalue weighted by atomic mass is 10.2. The van der Waals surface area contributed by atoms with Crippen molar-refractivity contribution in [1.82, 2.24) is 10.1 Å². The molecule has 0 aliphatic heterocycles. The van der Waals surface area contributed by atoms with E-state index in [1.165, 1.54) is 0 Å². The Labute approximate surface area is 105 Å². The highest BCUT2D eigenvalue weighted by Gasteiger charge is 2.14. The first-order valence-corrected chi connectivity index (χ1v) is 6.22. The third-order valence-electron chi connectivity index (χ3n) is 2.47. The van der Waals surface area contributed by atoms with Crippen LogP contribution in [0.3, 0.4) is 0 Å². The van der Waals surface area contributed by atoms with Gasteiger partial charge in [-0.3, -0.25) is 0 Å². The van der Waals surface area contributed by atoms with E-state index in [2.05, 4.69) is 17.1 Å². The highest BCUT2D eigenvalue weighted by Crippen LogP contribution is 2.22. The van der Waals surface area contributed by atoms with Gasteiger partial charge >= 0.3 is 0 Å². The molecular formula is C12H15ClN2O2. The van der Waals surface area contributed by atoms with Crippen LogP contribution in [0.15, 0.2) is 27.3 Å². The second-order valence-corrected chi connectivity index (χ2v) is 4.41. The molecule has 0 bridgehead atoms. The van der Waals surface area contributed by atoms with Crippen molar-refractivity contribution in [3.63, 3.8) is 0 Å². The number of aromatic nitrogens is 2. The van der Waals surface area contributed by atoms with Crippen LogP contribution in [0.25, 0.3) is 0 Å². The molecule has 2 aromatic rings. The lowest BCUT2D eigenvalue weighted by Crippen LogP contribution is -1.94. The molecule has 0 radical (unpaired) electrons. The van der Waals surface area contributed by atoms with Crippen molar-refractivity contribution in [1.29, 1.82) is 0 Å². The summed E-state index contributed by atoms with van der Waals surface area (Å²) in [5, 5.41) is 3.73. The van der Waals surface area contributed by atoms with Crippen molar-refractivity contribution in [3.05, 3.63) is 35.9 Å². The fourth-order valence-corrected chi connectivity index (χ4v) is 1.87. The van der Waals surface area contributed by atoms with Crippen LogP contribution in [0.1, 0.15) is 42.6 Å². The zero-order chi connectivity index (χ0) is 12.1. The average Bonchev–Trinajstić information content (AvgIpc) is 2.98. The number of hydrogen-bond donors (Lipinski definition) is 0. The largest absolute Gasteiger partial charge is 0.469 e. The van der Waals surface area contributed by atoms with Gasteiger partial charge in [0.1, 0.15) is 5.76 Å². The molecule has 1 atom stereocenters. The van der Waals surface area contributed by atoms with Gasteiger partial charge in [-0.25, -0.2) is 0 Å². The van der Waals surface area contributed by atoms with E-state index in [-0.39, 0.29) is 5.38 Å². The second kappa shape index (κ2) is 5.87. The zero-order valence-corrected chi connectivity index (χ0v) is 10.5. The standard InChI is InChI=1S/C12H15ClN2O2/c1-2-4-10(13)12-14-11(17-15-12)7-6-9-5-3-8-16-9/h3,5,8,10H,2,4,6-7H2,1H3. The minimum Gasteiger partial charge on any atom is -0.469 e. The van der Waals surface area contributed by atoms with Crippen molar-refractivity contribution in [2.45, 2.75) is 38.0 Å². The monoisotopic (exact) mass is 254 g/mol. The summed E-state index contributed by atoms with van der Waals surface area (Å²) in [5.41, 5.74) is 0. The Hall–Kier alpha value is -1.29. The lowest BCUT2D eigenvalue weighted by molar-refractivity contribution is 0.368. The van der Waals surface area contributed by atoms with Gasteiger partial charge in [0.15, 0.2) is 5.82 Å². The van der Waals surface area contributed by atoms with Gasteiger partial charge in [0.2, 0.25) is 5.89 Å². The molecule has 0 saturated heterocycles. The molecule has 0 N–H and O–H groups in total. The Kier molecular flexibility index (Phi) is 4.20. The van der Waals surface area contributed by atoms with Gasteiger partial charge in [-0.1, -0.05) is 18.5 Å². The van der Waals surface area contributed by atoms with Crippen molar-refractivity contribution in [2.75, 3.05) is 0 Å². The first-order valence-electron chi connectivity index (χ1n) is 5.78. The predicted molar refractivity (Wildman–Crippen MR) is 63.9 cm³/mol. The second-order valence-electron chi connectivity index (χ2n) is 3.88. The molecule has 0 saturated carbocycles. The highest BCUT2D eigenvalue weighted by molar-refractivity contribution is 6.20. The summed E-state index contributed by atoms with van der Waals surface area (Å²) in [6.45, 7) is 2.08. The van der Waals surface area contributed by atoms with E-state index in [9.17, 15) is 0 Å². The minimum absolute atomic E-state index is 0.152. The van der Waals surface area contributed by atoms with Crippen molar-refractivity contribution < 1.29 is 8.94 Å². The van der Waals surface area contributed by atoms with Crippen molar-refractivity contribution >= 4 is 11.6 Å². The molecule has 0 spiro atoms. The van der Waals surface area contributed by atoms with Crippen molar-refractivity contribution in [2.24, 2.45) is 0 Å². The third-order valence-corrected chi connectivity index (χ3v) is 2.88. The molecule has 2 aromatic heterocycles. The summed E-state index contributed by atoms with van der Waals surface area (Å²) < 4.78 is 10.4. The van der Waals surface area contributed by atoms with E-state index < -0.39 is 0 Å². The zero-order valence-electron chi connectivity index (χ0n) is 9.73. The third kappa shape index (κ3) is 3.33. The van der Waals surface area contributed by atoms with Crippen LogP contribution in [0.5, 0.6) is 0 Å². The molecule has 0 amide bonds. The Balaban J connectivity index is 1.89. The molecule has 0 aliphatic rings. The van der Waals surface area contributed by atoms with Crippen LogP contribution in [0.4, 0.5) is 0 Å². The molecule has 0 fully saturated rings. The fourth-order valence-electron chi connectivity index (χ4n) is 1.56. The smallest absolute Gasteiger partial charge is 0.227 e. The van der Waals surface area contributed by atoms with Crippen LogP contribution in [0.2, 0.25) is 0 Å². The van der Waals surface area contributed by atoms with Gasteiger partial charge in [0.05, 0.1) is 11.6 Å². The number of alkyl halides is 1. The maximum atomic E-state index is 6.12. The van der Waals surface area contributed by atoms with E-state index in [4.69, 9.17) is 20.5 Å². The molecule has 17 heavy (non-hydrogen) atoms. The van der Waals surface area contributed by atoms with E-state index in [1.54, 1.807) is 6.26 Å². The first kappa shape index (κ1) is 12.2. The summed E-state index contributed by atoms with van der Waals surface area (Å²) in [5.74, 6) is 2.11. The molecule has 5 heteroatoms. The van der Waals surface area contributed by atoms with Crippen LogP contribution >= 0.6 is 11.6 Å². The molecule has 92 valence electrons. The molecule has 2 rings (SSSR count). The number of rotatable bonds is 6. The molecular weight excluding hydrogens is 240 g/mol. The number of nitrogens with zero attached hydrogens (tertiary/aromatic N) is 2.